The van der Waals surface area contributed by atoms with E-state index in [2.05, 4.69) is 10.3 Å². The Kier molecular flexibility index (Phi) is 4.59. The molecule has 2 aromatic carbocycles. The summed E-state index contributed by atoms with van der Waals surface area (Å²) in [5, 5.41) is 3.97. The fraction of sp³-hybridized carbons (Fsp3) is 0.176. The molecule has 0 atom stereocenters. The summed E-state index contributed by atoms with van der Waals surface area (Å²) in [6, 6.07) is 8.86. The molecule has 0 saturated heterocycles. The molecule has 0 aliphatic heterocycles. The lowest BCUT2D eigenvalue weighted by molar-refractivity contribution is 0.102. The fourth-order valence-electron chi connectivity index (χ4n) is 2.38. The Morgan fingerprint density at radius 1 is 1.21 bits per heavy atom. The van der Waals surface area contributed by atoms with E-state index in [4.69, 9.17) is 21.1 Å². The van der Waals surface area contributed by atoms with Crippen molar-refractivity contribution in [1.82, 2.24) is 4.98 Å². The molecule has 0 spiro atoms. The van der Waals surface area contributed by atoms with Gasteiger partial charge in [-0.25, -0.2) is 4.98 Å². The number of carbonyl (C=O) groups is 1. The quantitative estimate of drug-likeness (QED) is 0.740. The van der Waals surface area contributed by atoms with Crippen molar-refractivity contribution in [1.29, 1.82) is 0 Å². The molecule has 124 valence electrons. The third-order valence-corrected chi connectivity index (χ3v) is 4.96. The first-order valence-corrected chi connectivity index (χ1v) is 8.32. The molecule has 1 heterocycles. The zero-order valence-electron chi connectivity index (χ0n) is 13.3. The van der Waals surface area contributed by atoms with Gasteiger partial charge in [0.1, 0.15) is 0 Å². The van der Waals surface area contributed by atoms with Crippen molar-refractivity contribution in [2.24, 2.45) is 0 Å². The standard InChI is InChI=1S/C17H15ClN2O3S/c1-9-11(18)7-8-13-14(9)19-17(24-13)20-16(21)10-5-4-6-12(22-2)15(10)23-3/h4-8H,1-3H3,(H,19,20,21). The second kappa shape index (κ2) is 6.67. The molecule has 3 aromatic rings. The van der Waals surface area contributed by atoms with Crippen molar-refractivity contribution in [3.63, 3.8) is 0 Å². The third-order valence-electron chi connectivity index (χ3n) is 3.62. The number of halogens is 1. The van der Waals surface area contributed by atoms with E-state index in [-0.39, 0.29) is 5.91 Å². The molecule has 7 heteroatoms. The van der Waals surface area contributed by atoms with Crippen LogP contribution in [0.15, 0.2) is 30.3 Å². The molecule has 0 bridgehead atoms. The Morgan fingerprint density at radius 2 is 2.00 bits per heavy atom. The van der Waals surface area contributed by atoms with E-state index >= 15 is 0 Å². The minimum absolute atomic E-state index is 0.312. The van der Waals surface area contributed by atoms with Gasteiger partial charge in [-0.3, -0.25) is 10.1 Å². The lowest BCUT2D eigenvalue weighted by atomic mass is 10.1. The Hall–Kier alpha value is -2.31. The van der Waals surface area contributed by atoms with Crippen LogP contribution in [0, 0.1) is 6.92 Å². The molecule has 5 nitrogen and oxygen atoms in total. The largest absolute Gasteiger partial charge is 0.493 e. The summed E-state index contributed by atoms with van der Waals surface area (Å²) in [5.41, 5.74) is 2.07. The number of amides is 1. The van der Waals surface area contributed by atoms with Crippen molar-refractivity contribution >= 4 is 44.2 Å². The number of benzene rings is 2. The number of rotatable bonds is 4. The number of hydrogen-bond donors (Lipinski definition) is 1. The molecule has 0 fully saturated rings. The predicted octanol–water partition coefficient (Wildman–Crippen LogP) is 4.53. The molecule has 24 heavy (non-hydrogen) atoms. The molecule has 0 unspecified atom stereocenters. The van der Waals surface area contributed by atoms with Crippen molar-refractivity contribution in [3.05, 3.63) is 46.5 Å². The van der Waals surface area contributed by atoms with Crippen molar-refractivity contribution in [2.75, 3.05) is 19.5 Å². The van der Waals surface area contributed by atoms with E-state index in [0.29, 0.717) is 27.2 Å². The number of hydrogen-bond acceptors (Lipinski definition) is 5. The van der Waals surface area contributed by atoms with Crippen LogP contribution >= 0.6 is 22.9 Å². The zero-order chi connectivity index (χ0) is 17.3. The van der Waals surface area contributed by atoms with Crippen LogP contribution in [0.4, 0.5) is 5.13 Å². The number of nitrogens with zero attached hydrogens (tertiary/aromatic N) is 1. The van der Waals surface area contributed by atoms with E-state index in [0.717, 1.165) is 15.8 Å². The lowest BCUT2D eigenvalue weighted by Gasteiger charge is -2.11. The van der Waals surface area contributed by atoms with Crippen molar-refractivity contribution < 1.29 is 14.3 Å². The highest BCUT2D eigenvalue weighted by molar-refractivity contribution is 7.22. The first-order chi connectivity index (χ1) is 11.5. The highest BCUT2D eigenvalue weighted by atomic mass is 35.5. The second-order valence-electron chi connectivity index (χ2n) is 5.03. The Bertz CT molecular complexity index is 924. The van der Waals surface area contributed by atoms with Gasteiger partial charge in [0, 0.05) is 5.02 Å². The number of ether oxygens (including phenoxy) is 2. The van der Waals surface area contributed by atoms with Crippen LogP contribution in [0.25, 0.3) is 10.2 Å². The van der Waals surface area contributed by atoms with Crippen LogP contribution in [0.1, 0.15) is 15.9 Å². The minimum atomic E-state index is -0.312. The number of carbonyl (C=O) groups excluding carboxylic acids is 1. The van der Waals surface area contributed by atoms with E-state index in [1.807, 2.05) is 19.1 Å². The zero-order valence-corrected chi connectivity index (χ0v) is 14.9. The van der Waals surface area contributed by atoms with Crippen LogP contribution in [-0.2, 0) is 0 Å². The maximum atomic E-state index is 12.6. The lowest BCUT2D eigenvalue weighted by Crippen LogP contribution is -2.13. The number of thiazole rings is 1. The van der Waals surface area contributed by atoms with Gasteiger partial charge in [-0.05, 0) is 36.8 Å². The number of aryl methyl sites for hydroxylation is 1. The molecular weight excluding hydrogens is 348 g/mol. The average Bonchev–Trinajstić information content (AvgIpc) is 3.00. The molecule has 0 saturated carbocycles. The normalized spacial score (nSPS) is 10.7. The van der Waals surface area contributed by atoms with Crippen LogP contribution in [0.3, 0.4) is 0 Å². The smallest absolute Gasteiger partial charge is 0.261 e. The highest BCUT2D eigenvalue weighted by Gasteiger charge is 2.18. The summed E-state index contributed by atoms with van der Waals surface area (Å²) in [5.74, 6) is 0.573. The summed E-state index contributed by atoms with van der Waals surface area (Å²) in [4.78, 5) is 17.1. The average molecular weight is 363 g/mol. The van der Waals surface area contributed by atoms with E-state index in [1.54, 1.807) is 18.2 Å². The summed E-state index contributed by atoms with van der Waals surface area (Å²) in [6.07, 6.45) is 0. The van der Waals surface area contributed by atoms with Gasteiger partial charge in [0.05, 0.1) is 30.0 Å². The molecule has 3 rings (SSSR count). The first kappa shape index (κ1) is 16.5. The maximum absolute atomic E-state index is 12.6. The number of methoxy groups -OCH3 is 2. The van der Waals surface area contributed by atoms with Gasteiger partial charge in [-0.2, -0.15) is 0 Å². The topological polar surface area (TPSA) is 60.5 Å². The van der Waals surface area contributed by atoms with Gasteiger partial charge < -0.3 is 9.47 Å². The summed E-state index contributed by atoms with van der Waals surface area (Å²) in [6.45, 7) is 1.90. The Balaban J connectivity index is 1.94. The molecule has 0 aliphatic rings. The molecule has 1 aromatic heterocycles. The maximum Gasteiger partial charge on any atom is 0.261 e. The van der Waals surface area contributed by atoms with Crippen LogP contribution in [0.2, 0.25) is 5.02 Å². The van der Waals surface area contributed by atoms with Gasteiger partial charge in [-0.15, -0.1) is 0 Å². The monoisotopic (exact) mass is 362 g/mol. The first-order valence-electron chi connectivity index (χ1n) is 7.13. The molecular formula is C17H15ClN2O3S. The van der Waals surface area contributed by atoms with Gasteiger partial charge in [0.15, 0.2) is 16.6 Å². The van der Waals surface area contributed by atoms with E-state index in [9.17, 15) is 4.79 Å². The predicted molar refractivity (Wildman–Crippen MR) is 96.9 cm³/mol. The fourth-order valence-corrected chi connectivity index (χ4v) is 3.46. The molecule has 1 amide bonds. The van der Waals surface area contributed by atoms with Crippen molar-refractivity contribution in [2.45, 2.75) is 6.92 Å². The van der Waals surface area contributed by atoms with Crippen LogP contribution in [-0.4, -0.2) is 25.1 Å². The van der Waals surface area contributed by atoms with Gasteiger partial charge >= 0.3 is 0 Å². The SMILES string of the molecule is COc1cccc(C(=O)Nc2nc3c(C)c(Cl)ccc3s2)c1OC. The number of anilines is 1. The molecule has 0 radical (unpaired) electrons. The van der Waals surface area contributed by atoms with Crippen LogP contribution < -0.4 is 14.8 Å². The number of fused-ring (bicyclic) bond motifs is 1. The summed E-state index contributed by atoms with van der Waals surface area (Å²) >= 11 is 7.51. The van der Waals surface area contributed by atoms with Crippen LogP contribution in [0.5, 0.6) is 11.5 Å². The van der Waals surface area contributed by atoms with Gasteiger partial charge in [0.25, 0.3) is 5.91 Å². The highest BCUT2D eigenvalue weighted by Crippen LogP contribution is 2.34. The summed E-state index contributed by atoms with van der Waals surface area (Å²) < 4.78 is 11.5. The molecule has 0 aliphatic carbocycles. The number of para-hydroxylation sites is 1. The Labute approximate surface area is 148 Å². The summed E-state index contributed by atoms with van der Waals surface area (Å²) in [7, 11) is 3.03. The number of nitrogens with one attached hydrogen (secondary N) is 1. The molecule has 1 N–H and O–H groups in total. The van der Waals surface area contributed by atoms with Gasteiger partial charge in [-0.1, -0.05) is 29.0 Å². The Morgan fingerprint density at radius 3 is 2.71 bits per heavy atom. The van der Waals surface area contributed by atoms with Crippen molar-refractivity contribution in [3.8, 4) is 11.5 Å². The second-order valence-corrected chi connectivity index (χ2v) is 6.47. The number of aromatic nitrogens is 1. The van der Waals surface area contributed by atoms with E-state index < -0.39 is 0 Å². The van der Waals surface area contributed by atoms with E-state index in [1.165, 1.54) is 25.6 Å². The third kappa shape index (κ3) is 2.90. The van der Waals surface area contributed by atoms with Gasteiger partial charge in [0.2, 0.25) is 0 Å². The minimum Gasteiger partial charge on any atom is -0.493 e.